The molecule has 0 unspecified atom stereocenters. The summed E-state index contributed by atoms with van der Waals surface area (Å²) >= 11 is 0. The van der Waals surface area contributed by atoms with Gasteiger partial charge in [-0.3, -0.25) is 28.8 Å². The van der Waals surface area contributed by atoms with Gasteiger partial charge in [0.05, 0.1) is 45.6 Å². The quantitative estimate of drug-likeness (QED) is 0.0500. The van der Waals surface area contributed by atoms with Gasteiger partial charge in [-0.15, -0.1) is 0 Å². The number of carbonyl (C=O) groups excluding carboxylic acids is 4. The number of rotatable bonds is 46. The molecule has 0 fully saturated rings. The van der Waals surface area contributed by atoms with Crippen molar-refractivity contribution in [3.8, 4) is 0 Å². The molecule has 0 bridgehead atoms. The molecule has 0 aliphatic heterocycles. The molecule has 0 aromatic carbocycles. The first-order valence-electron chi connectivity index (χ1n) is 22.2. The van der Waals surface area contributed by atoms with Gasteiger partial charge in [0, 0.05) is 71.1 Å². The van der Waals surface area contributed by atoms with Gasteiger partial charge in [-0.05, 0) is 38.5 Å². The zero-order chi connectivity index (χ0) is 42.0. The molecule has 0 aromatic heterocycles. The Morgan fingerprint density at radius 1 is 0.439 bits per heavy atom. The Bertz CT molecular complexity index is 1040. The first-order chi connectivity index (χ1) is 27.6. The van der Waals surface area contributed by atoms with Gasteiger partial charge >= 0.3 is 11.9 Å². The largest absolute Gasteiger partial charge is 0.481 e. The number of hydrogen-bond acceptors (Lipinski definition) is 10. The average Bonchev–Trinajstić information content (AvgIpc) is 3.18. The fourth-order valence-corrected chi connectivity index (χ4v) is 6.28. The third-order valence-electron chi connectivity index (χ3n) is 9.85. The van der Waals surface area contributed by atoms with Crippen molar-refractivity contribution in [3.63, 3.8) is 0 Å². The predicted molar refractivity (Wildman–Crippen MR) is 220 cm³/mol. The summed E-state index contributed by atoms with van der Waals surface area (Å²) in [4.78, 5) is 70.0. The van der Waals surface area contributed by atoms with Gasteiger partial charge in [0.1, 0.15) is 17.3 Å². The minimum atomic E-state index is -0.938. The Labute approximate surface area is 343 Å². The maximum atomic E-state index is 12.4. The molecule has 13 heteroatoms. The summed E-state index contributed by atoms with van der Waals surface area (Å²) in [7, 11) is 0. The number of ketones is 3. The molecule has 3 N–H and O–H groups in total. The van der Waals surface area contributed by atoms with E-state index < -0.39 is 17.9 Å². The highest BCUT2D eigenvalue weighted by Gasteiger charge is 2.20. The number of carboxylic acid groups (broad SMARTS) is 2. The molecule has 57 heavy (non-hydrogen) atoms. The minimum absolute atomic E-state index is 0.0170. The number of aliphatic carboxylic acids is 2. The monoisotopic (exact) mass is 814 g/mol. The van der Waals surface area contributed by atoms with E-state index in [-0.39, 0.29) is 49.1 Å². The van der Waals surface area contributed by atoms with Crippen LogP contribution < -0.4 is 5.32 Å². The van der Waals surface area contributed by atoms with Crippen LogP contribution in [0.5, 0.6) is 0 Å². The van der Waals surface area contributed by atoms with Gasteiger partial charge in [0.2, 0.25) is 5.91 Å². The molecule has 332 valence electrons. The zero-order valence-electron chi connectivity index (χ0n) is 35.5. The van der Waals surface area contributed by atoms with E-state index in [1.165, 1.54) is 51.4 Å². The van der Waals surface area contributed by atoms with Gasteiger partial charge < -0.3 is 34.5 Å². The molecule has 0 aliphatic carbocycles. The van der Waals surface area contributed by atoms with Crippen molar-refractivity contribution in [1.82, 2.24) is 5.32 Å². The molecule has 0 radical (unpaired) electrons. The van der Waals surface area contributed by atoms with E-state index in [1.807, 2.05) is 6.92 Å². The predicted octanol–water partition coefficient (Wildman–Crippen LogP) is 8.21. The number of carboxylic acids is 2. The Kier molecular flexibility index (Phi) is 39.4. The highest BCUT2D eigenvalue weighted by molar-refractivity contribution is 5.83. The van der Waals surface area contributed by atoms with Gasteiger partial charge in [0.15, 0.2) is 0 Å². The van der Waals surface area contributed by atoms with E-state index in [4.69, 9.17) is 24.1 Å². The fourth-order valence-electron chi connectivity index (χ4n) is 6.28. The van der Waals surface area contributed by atoms with Crippen molar-refractivity contribution in [3.05, 3.63) is 0 Å². The SMILES string of the molecule is CCC(=O)CCCOCCOCCC(=O)CCCOCCOCCC(=O)NCCCC[C@@H](CC(=O)CCCCCCCCCCCCCCCCC(=O)O)C(=O)O. The van der Waals surface area contributed by atoms with Crippen molar-refractivity contribution in [1.29, 1.82) is 0 Å². The minimum Gasteiger partial charge on any atom is -0.481 e. The van der Waals surface area contributed by atoms with Gasteiger partial charge in [0.25, 0.3) is 0 Å². The molecule has 0 saturated carbocycles. The van der Waals surface area contributed by atoms with Crippen molar-refractivity contribution < 1.29 is 57.9 Å². The van der Waals surface area contributed by atoms with E-state index in [9.17, 15) is 33.9 Å². The Morgan fingerprint density at radius 2 is 0.877 bits per heavy atom. The highest BCUT2D eigenvalue weighted by atomic mass is 16.5. The molecule has 0 saturated heterocycles. The molecule has 0 rings (SSSR count). The smallest absolute Gasteiger partial charge is 0.306 e. The number of hydrogen-bond donors (Lipinski definition) is 3. The zero-order valence-corrected chi connectivity index (χ0v) is 35.5. The van der Waals surface area contributed by atoms with Crippen LogP contribution in [-0.4, -0.2) is 105 Å². The summed E-state index contributed by atoms with van der Waals surface area (Å²) in [5.41, 5.74) is 0. The molecular weight excluding hydrogens is 734 g/mol. The maximum Gasteiger partial charge on any atom is 0.306 e. The first kappa shape index (κ1) is 54.3. The van der Waals surface area contributed by atoms with E-state index in [2.05, 4.69) is 5.32 Å². The average molecular weight is 814 g/mol. The van der Waals surface area contributed by atoms with E-state index in [0.717, 1.165) is 44.9 Å². The third-order valence-corrected chi connectivity index (χ3v) is 9.85. The summed E-state index contributed by atoms with van der Waals surface area (Å²) < 4.78 is 21.8. The number of ether oxygens (including phenoxy) is 4. The lowest BCUT2D eigenvalue weighted by Crippen LogP contribution is -2.26. The molecule has 0 aromatic rings. The topological polar surface area (TPSA) is 192 Å². The number of Topliss-reactive ketones (excluding diaryl/α,β-unsaturated/α-hetero) is 3. The third kappa shape index (κ3) is 41.2. The van der Waals surface area contributed by atoms with Crippen LogP contribution in [0.1, 0.15) is 180 Å². The second kappa shape index (κ2) is 41.4. The lowest BCUT2D eigenvalue weighted by molar-refractivity contribution is -0.144. The Balaban J connectivity index is 3.59. The van der Waals surface area contributed by atoms with Crippen LogP contribution in [0.2, 0.25) is 0 Å². The Hall–Kier alpha value is -2.74. The summed E-state index contributed by atoms with van der Waals surface area (Å²) in [6.45, 7) is 5.52. The number of unbranched alkanes of at least 4 members (excludes halogenated alkanes) is 14. The van der Waals surface area contributed by atoms with Crippen LogP contribution in [0.15, 0.2) is 0 Å². The first-order valence-corrected chi connectivity index (χ1v) is 22.2. The summed E-state index contributed by atoms with van der Waals surface area (Å²) in [6, 6.07) is 0. The van der Waals surface area contributed by atoms with Crippen LogP contribution in [0.3, 0.4) is 0 Å². The number of amides is 1. The molecule has 1 amide bonds. The molecule has 13 nitrogen and oxygen atoms in total. The van der Waals surface area contributed by atoms with Crippen LogP contribution in [-0.2, 0) is 47.7 Å². The standard InChI is InChI=1S/C44H79NO12/c1-2-39(46)23-19-29-54-33-35-56-31-26-40(47)24-20-30-55-34-36-57-32-27-42(49)45-28-18-17-21-38(44(52)53)37-41(48)22-15-13-11-9-7-5-3-4-6-8-10-12-14-16-25-43(50)51/h38H,2-37H2,1H3,(H,45,49)(H,50,51)(H,52,53)/t38-/m0/s1. The molecule has 0 spiro atoms. The van der Waals surface area contributed by atoms with E-state index >= 15 is 0 Å². The second-order valence-corrected chi connectivity index (χ2v) is 15.1. The fraction of sp³-hybridized carbons (Fsp3) is 0.864. The number of nitrogens with one attached hydrogen (secondary N) is 1. The highest BCUT2D eigenvalue weighted by Crippen LogP contribution is 2.17. The van der Waals surface area contributed by atoms with Crippen LogP contribution in [0, 0.1) is 5.92 Å². The van der Waals surface area contributed by atoms with Crippen molar-refractivity contribution in [2.75, 3.05) is 59.4 Å². The van der Waals surface area contributed by atoms with Crippen LogP contribution in [0.25, 0.3) is 0 Å². The lowest BCUT2D eigenvalue weighted by atomic mass is 9.94. The maximum absolute atomic E-state index is 12.4. The van der Waals surface area contributed by atoms with Crippen molar-refractivity contribution in [2.45, 2.75) is 180 Å². The van der Waals surface area contributed by atoms with Gasteiger partial charge in [-0.2, -0.15) is 0 Å². The summed E-state index contributed by atoms with van der Waals surface area (Å²) in [5.74, 6) is -2.08. The molecule has 0 heterocycles. The van der Waals surface area contributed by atoms with E-state index in [1.54, 1.807) is 0 Å². The summed E-state index contributed by atoms with van der Waals surface area (Å²) in [6.07, 6.45) is 21.6. The molecular formula is C44H79NO12. The van der Waals surface area contributed by atoms with Gasteiger partial charge in [-0.1, -0.05) is 90.4 Å². The molecule has 0 aliphatic rings. The van der Waals surface area contributed by atoms with E-state index in [0.29, 0.717) is 111 Å². The summed E-state index contributed by atoms with van der Waals surface area (Å²) in [5, 5.41) is 21.1. The second-order valence-electron chi connectivity index (χ2n) is 15.1. The normalized spacial score (nSPS) is 11.7. The number of carbonyl (C=O) groups is 6. The van der Waals surface area contributed by atoms with Crippen molar-refractivity contribution >= 4 is 35.2 Å². The Morgan fingerprint density at radius 3 is 1.37 bits per heavy atom. The van der Waals surface area contributed by atoms with Crippen molar-refractivity contribution in [2.24, 2.45) is 5.92 Å². The van der Waals surface area contributed by atoms with Crippen LogP contribution in [0.4, 0.5) is 0 Å². The van der Waals surface area contributed by atoms with Crippen LogP contribution >= 0.6 is 0 Å². The van der Waals surface area contributed by atoms with Gasteiger partial charge in [-0.25, -0.2) is 0 Å². The lowest BCUT2D eigenvalue weighted by Gasteiger charge is -2.12. The molecule has 1 atom stereocenters.